The highest BCUT2D eigenvalue weighted by molar-refractivity contribution is 14.1. The fraction of sp³-hybridized carbons (Fsp3) is 1.00. The number of hydrogen-bond donors (Lipinski definition) is 0. The van der Waals surface area contributed by atoms with Gasteiger partial charge < -0.3 is 4.74 Å². The summed E-state index contributed by atoms with van der Waals surface area (Å²) in [6.45, 7) is 2.25. The molecule has 1 fully saturated rings. The lowest BCUT2D eigenvalue weighted by atomic mass is 10.0. The first-order chi connectivity index (χ1) is 5.36. The molecular formula is C9H17IO. The van der Waals surface area contributed by atoms with Crippen LogP contribution in [0.2, 0.25) is 0 Å². The van der Waals surface area contributed by atoms with Crippen molar-refractivity contribution >= 4 is 22.6 Å². The van der Waals surface area contributed by atoms with Gasteiger partial charge in [-0.3, -0.25) is 0 Å². The summed E-state index contributed by atoms with van der Waals surface area (Å²) in [5.74, 6) is 0. The van der Waals surface area contributed by atoms with Gasteiger partial charge in [-0.05, 0) is 6.42 Å². The molecule has 0 unspecified atom stereocenters. The summed E-state index contributed by atoms with van der Waals surface area (Å²) in [4.78, 5) is 0. The summed E-state index contributed by atoms with van der Waals surface area (Å²) >= 11 is 2.39. The van der Waals surface area contributed by atoms with Crippen LogP contribution in [0, 0.1) is 0 Å². The van der Waals surface area contributed by atoms with E-state index >= 15 is 0 Å². The minimum Gasteiger partial charge on any atom is -0.374 e. The number of unbranched alkanes of at least 4 members (excludes halogenated alkanes) is 2. The van der Waals surface area contributed by atoms with Crippen LogP contribution < -0.4 is 0 Å². The molecule has 2 atom stereocenters. The van der Waals surface area contributed by atoms with Crippen molar-refractivity contribution in [2.75, 3.05) is 4.43 Å². The Balaban J connectivity index is 1.88. The van der Waals surface area contributed by atoms with Gasteiger partial charge in [0.1, 0.15) is 0 Å². The molecule has 0 N–H and O–H groups in total. The smallest absolute Gasteiger partial charge is 0.0692 e. The molecule has 1 aliphatic rings. The number of ether oxygens (including phenoxy) is 1. The van der Waals surface area contributed by atoms with E-state index in [0.29, 0.717) is 12.2 Å². The maximum Gasteiger partial charge on any atom is 0.0692 e. The molecule has 11 heavy (non-hydrogen) atoms. The Kier molecular flexibility index (Phi) is 4.76. The number of hydrogen-bond acceptors (Lipinski definition) is 1. The van der Waals surface area contributed by atoms with Gasteiger partial charge >= 0.3 is 0 Å². The molecule has 0 aliphatic carbocycles. The normalized spacial score (nSPS) is 30.0. The van der Waals surface area contributed by atoms with Crippen LogP contribution in [-0.4, -0.2) is 16.6 Å². The molecule has 0 amide bonds. The Morgan fingerprint density at radius 1 is 1.36 bits per heavy atom. The summed E-state index contributed by atoms with van der Waals surface area (Å²) in [5.41, 5.74) is 0. The lowest BCUT2D eigenvalue weighted by molar-refractivity contribution is -0.113. The van der Waals surface area contributed by atoms with E-state index in [0.717, 1.165) is 0 Å². The minimum atomic E-state index is 0.585. The molecule has 1 heterocycles. The first-order valence-electron chi connectivity index (χ1n) is 4.58. The van der Waals surface area contributed by atoms with Crippen LogP contribution in [0.15, 0.2) is 0 Å². The van der Waals surface area contributed by atoms with Gasteiger partial charge in [0, 0.05) is 10.8 Å². The van der Waals surface area contributed by atoms with Gasteiger partial charge in [-0.25, -0.2) is 0 Å². The van der Waals surface area contributed by atoms with E-state index in [2.05, 4.69) is 29.5 Å². The van der Waals surface area contributed by atoms with Gasteiger partial charge in [0.05, 0.1) is 12.2 Å². The van der Waals surface area contributed by atoms with E-state index in [1.54, 1.807) is 0 Å². The molecule has 0 aromatic carbocycles. The van der Waals surface area contributed by atoms with Crippen LogP contribution in [0.4, 0.5) is 0 Å². The third kappa shape index (κ3) is 3.28. The van der Waals surface area contributed by atoms with Crippen LogP contribution >= 0.6 is 22.6 Å². The lowest BCUT2D eigenvalue weighted by Crippen LogP contribution is -2.38. The van der Waals surface area contributed by atoms with Gasteiger partial charge in [0.25, 0.3) is 0 Å². The molecule has 1 saturated heterocycles. The molecule has 0 aromatic rings. The molecule has 1 nitrogen and oxygen atoms in total. The van der Waals surface area contributed by atoms with E-state index in [9.17, 15) is 0 Å². The van der Waals surface area contributed by atoms with E-state index in [1.165, 1.54) is 36.5 Å². The minimum absolute atomic E-state index is 0.585. The van der Waals surface area contributed by atoms with Crippen LogP contribution in [-0.2, 0) is 4.74 Å². The van der Waals surface area contributed by atoms with E-state index in [4.69, 9.17) is 4.74 Å². The predicted octanol–water partition coefficient (Wildman–Crippen LogP) is 3.16. The molecule has 0 radical (unpaired) electrons. The fourth-order valence-electron chi connectivity index (χ4n) is 1.46. The van der Waals surface area contributed by atoms with Gasteiger partial charge in [0.2, 0.25) is 0 Å². The Bertz CT molecular complexity index is 99.7. The second kappa shape index (κ2) is 5.36. The van der Waals surface area contributed by atoms with Crippen molar-refractivity contribution in [2.24, 2.45) is 0 Å². The highest BCUT2D eigenvalue weighted by atomic mass is 127. The van der Waals surface area contributed by atoms with Crippen molar-refractivity contribution in [3.63, 3.8) is 0 Å². The number of alkyl halides is 1. The summed E-state index contributed by atoms with van der Waals surface area (Å²) in [6, 6.07) is 0. The molecule has 1 rings (SSSR count). The topological polar surface area (TPSA) is 9.23 Å². The van der Waals surface area contributed by atoms with E-state index in [1.807, 2.05) is 0 Å². The van der Waals surface area contributed by atoms with Gasteiger partial charge in [-0.2, -0.15) is 0 Å². The molecule has 0 spiro atoms. The first kappa shape index (κ1) is 9.78. The molecule has 66 valence electrons. The standard InChI is InChI=1S/C9H17IO/c1-2-3-4-5-8-6-9(7-10)11-8/h8-9H,2-7H2,1H3/t8-,9+/m0/s1. The van der Waals surface area contributed by atoms with Crippen LogP contribution in [0.5, 0.6) is 0 Å². The fourth-order valence-corrected chi connectivity index (χ4v) is 2.03. The van der Waals surface area contributed by atoms with E-state index < -0.39 is 0 Å². The number of halogens is 1. The monoisotopic (exact) mass is 268 g/mol. The largest absolute Gasteiger partial charge is 0.374 e. The quantitative estimate of drug-likeness (QED) is 0.423. The second-order valence-corrected chi connectivity index (χ2v) is 4.15. The molecule has 0 bridgehead atoms. The Labute approximate surface area is 83.0 Å². The van der Waals surface area contributed by atoms with Crippen molar-refractivity contribution in [2.45, 2.75) is 51.2 Å². The SMILES string of the molecule is CCCCC[C@H]1C[C@H](CI)O1. The zero-order chi connectivity index (χ0) is 8.10. The van der Waals surface area contributed by atoms with E-state index in [-0.39, 0.29) is 0 Å². The third-order valence-electron chi connectivity index (χ3n) is 2.21. The van der Waals surface area contributed by atoms with Crippen LogP contribution in [0.25, 0.3) is 0 Å². The highest BCUT2D eigenvalue weighted by Crippen LogP contribution is 2.26. The Morgan fingerprint density at radius 3 is 2.64 bits per heavy atom. The second-order valence-electron chi connectivity index (χ2n) is 3.27. The predicted molar refractivity (Wildman–Crippen MR) is 56.3 cm³/mol. The van der Waals surface area contributed by atoms with Crippen molar-refractivity contribution in [3.8, 4) is 0 Å². The van der Waals surface area contributed by atoms with Crippen molar-refractivity contribution < 1.29 is 4.74 Å². The maximum atomic E-state index is 5.63. The first-order valence-corrected chi connectivity index (χ1v) is 6.10. The molecular weight excluding hydrogens is 251 g/mol. The summed E-state index contributed by atoms with van der Waals surface area (Å²) in [5, 5.41) is 0. The van der Waals surface area contributed by atoms with Crippen molar-refractivity contribution in [1.29, 1.82) is 0 Å². The Morgan fingerprint density at radius 2 is 2.09 bits per heavy atom. The Hall–Kier alpha value is 0.690. The molecule has 2 heteroatoms. The summed E-state index contributed by atoms with van der Waals surface area (Å²) in [7, 11) is 0. The molecule has 1 aliphatic heterocycles. The van der Waals surface area contributed by atoms with Crippen LogP contribution in [0.1, 0.15) is 39.0 Å². The zero-order valence-corrected chi connectivity index (χ0v) is 9.34. The van der Waals surface area contributed by atoms with Gasteiger partial charge in [-0.1, -0.05) is 48.8 Å². The third-order valence-corrected chi connectivity index (χ3v) is 3.19. The van der Waals surface area contributed by atoms with Crippen molar-refractivity contribution in [3.05, 3.63) is 0 Å². The maximum absolute atomic E-state index is 5.63. The van der Waals surface area contributed by atoms with Crippen LogP contribution in [0.3, 0.4) is 0 Å². The highest BCUT2D eigenvalue weighted by Gasteiger charge is 2.27. The molecule has 0 saturated carbocycles. The van der Waals surface area contributed by atoms with Crippen molar-refractivity contribution in [1.82, 2.24) is 0 Å². The lowest BCUT2D eigenvalue weighted by Gasteiger charge is -2.35. The summed E-state index contributed by atoms with van der Waals surface area (Å²) < 4.78 is 6.80. The zero-order valence-electron chi connectivity index (χ0n) is 7.18. The molecule has 0 aromatic heterocycles. The van der Waals surface area contributed by atoms with Gasteiger partial charge in [-0.15, -0.1) is 0 Å². The average molecular weight is 268 g/mol. The van der Waals surface area contributed by atoms with Gasteiger partial charge in [0.15, 0.2) is 0 Å². The summed E-state index contributed by atoms with van der Waals surface area (Å²) in [6.07, 6.45) is 7.85. The number of rotatable bonds is 5. The average Bonchev–Trinajstić information content (AvgIpc) is 1.94.